The molecule has 0 aliphatic heterocycles. The molecular weight excluding hydrogens is 376 g/mol. The van der Waals surface area contributed by atoms with Gasteiger partial charge < -0.3 is 11.1 Å². The number of anilines is 2. The second-order valence-electron chi connectivity index (χ2n) is 6.86. The molecule has 2 aromatic carbocycles. The molecule has 4 rings (SSSR count). The molecule has 4 aromatic rings. The smallest absolute Gasteiger partial charge is 0.266 e. The summed E-state index contributed by atoms with van der Waals surface area (Å²) < 4.78 is 1.28. The molecule has 0 saturated carbocycles. The summed E-state index contributed by atoms with van der Waals surface area (Å²) in [4.78, 5) is 21.2. The summed E-state index contributed by atoms with van der Waals surface area (Å²) in [6.07, 6.45) is 0.829. The Hall–Kier alpha value is -4.00. The van der Waals surface area contributed by atoms with E-state index in [4.69, 9.17) is 10.7 Å². The van der Waals surface area contributed by atoms with Crippen molar-refractivity contribution < 1.29 is 0 Å². The highest BCUT2D eigenvalue weighted by Gasteiger charge is 2.17. The quantitative estimate of drug-likeness (QED) is 0.518. The fraction of sp³-hybridized carbons (Fsp3) is 0.130. The van der Waals surface area contributed by atoms with Crippen LogP contribution in [0.4, 0.5) is 11.6 Å². The lowest BCUT2D eigenvalue weighted by Crippen LogP contribution is -2.19. The molecule has 3 N–H and O–H groups in total. The Kier molecular flexibility index (Phi) is 5.52. The predicted octanol–water partition coefficient (Wildman–Crippen LogP) is 3.14. The second-order valence-corrected chi connectivity index (χ2v) is 6.86. The molecule has 0 atom stereocenters. The third-order valence-corrected chi connectivity index (χ3v) is 4.72. The van der Waals surface area contributed by atoms with Crippen molar-refractivity contribution in [1.82, 2.24) is 19.7 Å². The summed E-state index contributed by atoms with van der Waals surface area (Å²) in [6, 6.07) is 23.0. The molecule has 2 heterocycles. The number of nitrogens with two attached hydrogens (primary N) is 1. The van der Waals surface area contributed by atoms with Crippen LogP contribution in [0, 0.1) is 0 Å². The van der Waals surface area contributed by atoms with Crippen LogP contribution in [-0.4, -0.2) is 26.3 Å². The van der Waals surface area contributed by atoms with Crippen molar-refractivity contribution in [3.05, 3.63) is 88.7 Å². The summed E-state index contributed by atoms with van der Waals surface area (Å²) in [6.45, 7) is 0.660. The normalized spacial score (nSPS) is 10.7. The van der Waals surface area contributed by atoms with Gasteiger partial charge in [-0.3, -0.25) is 4.79 Å². The van der Waals surface area contributed by atoms with Gasteiger partial charge >= 0.3 is 0 Å². The second kappa shape index (κ2) is 8.57. The highest BCUT2D eigenvalue weighted by molar-refractivity contribution is 5.79. The molecule has 0 unspecified atom stereocenters. The number of rotatable bonds is 6. The topological polar surface area (TPSA) is 98.7 Å². The predicted molar refractivity (Wildman–Crippen MR) is 119 cm³/mol. The van der Waals surface area contributed by atoms with Gasteiger partial charge in [0.25, 0.3) is 5.56 Å². The fourth-order valence-electron chi connectivity index (χ4n) is 3.15. The summed E-state index contributed by atoms with van der Waals surface area (Å²) in [7, 11) is 1.61. The number of nitrogens with one attached hydrogen (secondary N) is 1. The van der Waals surface area contributed by atoms with Crippen LogP contribution in [0.1, 0.15) is 5.56 Å². The van der Waals surface area contributed by atoms with Gasteiger partial charge in [-0.25, -0.2) is 14.6 Å². The first-order chi connectivity index (χ1) is 14.6. The fourth-order valence-corrected chi connectivity index (χ4v) is 3.15. The van der Waals surface area contributed by atoms with E-state index in [0.29, 0.717) is 35.3 Å². The van der Waals surface area contributed by atoms with Gasteiger partial charge in [0.1, 0.15) is 17.1 Å². The first-order valence-corrected chi connectivity index (χ1v) is 9.67. The number of nitrogen functional groups attached to an aromatic ring is 1. The molecule has 0 radical (unpaired) electrons. The van der Waals surface area contributed by atoms with Gasteiger partial charge in [0.05, 0.1) is 0 Å². The van der Waals surface area contributed by atoms with Crippen LogP contribution in [0.25, 0.3) is 22.6 Å². The molecule has 150 valence electrons. The van der Waals surface area contributed by atoms with E-state index in [0.717, 1.165) is 12.0 Å². The van der Waals surface area contributed by atoms with Crippen LogP contribution in [0.5, 0.6) is 0 Å². The number of nitrogens with zero attached hydrogens (tertiary/aromatic N) is 4. The standard InChI is InChI=1S/C23H22N6O/c1-29-19(30)13-12-18(28-29)21-20(17-10-6-3-7-11-17)26-22(24)23(27-21)25-15-14-16-8-4-2-5-9-16/h2-13H,14-15H2,1H3,(H2,24,26)(H,25,27). The van der Waals surface area contributed by atoms with E-state index >= 15 is 0 Å². The van der Waals surface area contributed by atoms with Gasteiger partial charge in [0, 0.05) is 25.2 Å². The van der Waals surface area contributed by atoms with Crippen molar-refractivity contribution in [2.24, 2.45) is 7.05 Å². The minimum Gasteiger partial charge on any atom is -0.381 e. The van der Waals surface area contributed by atoms with Gasteiger partial charge in [-0.1, -0.05) is 60.7 Å². The molecule has 0 amide bonds. The van der Waals surface area contributed by atoms with Crippen molar-refractivity contribution >= 4 is 11.6 Å². The van der Waals surface area contributed by atoms with Crippen molar-refractivity contribution in [3.8, 4) is 22.6 Å². The third kappa shape index (κ3) is 4.20. The van der Waals surface area contributed by atoms with E-state index in [1.54, 1.807) is 13.1 Å². The van der Waals surface area contributed by atoms with Gasteiger partial charge in [-0.2, -0.15) is 5.10 Å². The molecule has 0 aliphatic carbocycles. The summed E-state index contributed by atoms with van der Waals surface area (Å²) >= 11 is 0. The maximum Gasteiger partial charge on any atom is 0.266 e. The molecule has 30 heavy (non-hydrogen) atoms. The molecule has 0 aliphatic rings. The third-order valence-electron chi connectivity index (χ3n) is 4.72. The highest BCUT2D eigenvalue weighted by Crippen LogP contribution is 2.30. The zero-order valence-corrected chi connectivity index (χ0v) is 16.6. The average molecular weight is 398 g/mol. The highest BCUT2D eigenvalue weighted by atomic mass is 16.1. The lowest BCUT2D eigenvalue weighted by Gasteiger charge is -2.14. The lowest BCUT2D eigenvalue weighted by atomic mass is 10.1. The number of aromatic nitrogens is 4. The molecule has 7 nitrogen and oxygen atoms in total. The van der Waals surface area contributed by atoms with Crippen LogP contribution in [0.2, 0.25) is 0 Å². The minimum absolute atomic E-state index is 0.190. The van der Waals surface area contributed by atoms with Crippen LogP contribution < -0.4 is 16.6 Å². The van der Waals surface area contributed by atoms with Crippen LogP contribution in [0.15, 0.2) is 77.6 Å². The van der Waals surface area contributed by atoms with Crippen LogP contribution >= 0.6 is 0 Å². The molecule has 0 saturated heterocycles. The summed E-state index contributed by atoms with van der Waals surface area (Å²) in [5, 5.41) is 7.64. The van der Waals surface area contributed by atoms with Crippen LogP contribution in [-0.2, 0) is 13.5 Å². The van der Waals surface area contributed by atoms with Gasteiger partial charge in [-0.05, 0) is 18.1 Å². The molecule has 2 aromatic heterocycles. The Morgan fingerprint density at radius 2 is 1.60 bits per heavy atom. The van der Waals surface area contributed by atoms with E-state index in [-0.39, 0.29) is 5.56 Å². The van der Waals surface area contributed by atoms with Crippen molar-refractivity contribution in [2.45, 2.75) is 6.42 Å². The largest absolute Gasteiger partial charge is 0.381 e. The van der Waals surface area contributed by atoms with Crippen molar-refractivity contribution in [2.75, 3.05) is 17.6 Å². The molecule has 0 fully saturated rings. The average Bonchev–Trinajstić information content (AvgIpc) is 2.78. The Balaban J connectivity index is 1.72. The minimum atomic E-state index is -0.190. The molecule has 0 bridgehead atoms. The first kappa shape index (κ1) is 19.3. The van der Waals surface area contributed by atoms with E-state index in [2.05, 4.69) is 27.5 Å². The Morgan fingerprint density at radius 1 is 0.900 bits per heavy atom. The van der Waals surface area contributed by atoms with Crippen LogP contribution in [0.3, 0.4) is 0 Å². The molecule has 7 heteroatoms. The Bertz CT molecular complexity index is 1210. The number of benzene rings is 2. The Labute approximate surface area is 174 Å². The Morgan fingerprint density at radius 3 is 2.30 bits per heavy atom. The van der Waals surface area contributed by atoms with E-state index in [1.807, 2.05) is 48.5 Å². The summed E-state index contributed by atoms with van der Waals surface area (Å²) in [5.74, 6) is 0.812. The molecular formula is C23H22N6O. The maximum absolute atomic E-state index is 11.8. The van der Waals surface area contributed by atoms with E-state index < -0.39 is 0 Å². The zero-order chi connectivity index (χ0) is 20.9. The molecule has 0 spiro atoms. The zero-order valence-electron chi connectivity index (χ0n) is 16.6. The van der Waals surface area contributed by atoms with E-state index in [1.165, 1.54) is 16.3 Å². The number of hydrogen-bond acceptors (Lipinski definition) is 6. The van der Waals surface area contributed by atoms with Gasteiger partial charge in [0.2, 0.25) is 0 Å². The van der Waals surface area contributed by atoms with Crippen molar-refractivity contribution in [3.63, 3.8) is 0 Å². The number of aryl methyl sites for hydroxylation is 1. The summed E-state index contributed by atoms with van der Waals surface area (Å²) in [5.41, 5.74) is 9.86. The van der Waals surface area contributed by atoms with Gasteiger partial charge in [-0.15, -0.1) is 0 Å². The van der Waals surface area contributed by atoms with Gasteiger partial charge in [0.15, 0.2) is 11.6 Å². The monoisotopic (exact) mass is 398 g/mol. The first-order valence-electron chi connectivity index (χ1n) is 9.67. The van der Waals surface area contributed by atoms with Crippen molar-refractivity contribution in [1.29, 1.82) is 0 Å². The number of hydrogen-bond donors (Lipinski definition) is 2. The lowest BCUT2D eigenvalue weighted by molar-refractivity contribution is 0.711. The van der Waals surface area contributed by atoms with E-state index in [9.17, 15) is 4.79 Å². The maximum atomic E-state index is 11.8. The SMILES string of the molecule is Cn1nc(-c2nc(NCCc3ccccc3)c(N)nc2-c2ccccc2)ccc1=O.